The number of nitro groups is 1. The number of aliphatic hydroxyl groups excluding tert-OH is 4. The summed E-state index contributed by atoms with van der Waals surface area (Å²) < 4.78 is 0. The maximum Gasteiger partial charge on any atom is 2.00 e. The normalized spacial score (nSPS) is 23.1. The number of nitrogens with zero attached hydrogens (tertiary/aromatic N) is 3. The fourth-order valence-electron chi connectivity index (χ4n) is 4.04. The van der Waals surface area contributed by atoms with Crippen LogP contribution in [-0.4, -0.2) is 93.9 Å². The minimum Gasteiger partial charge on any atom is -0.431 e. The van der Waals surface area contributed by atoms with Crippen LogP contribution in [0.1, 0.15) is 25.7 Å². The van der Waals surface area contributed by atoms with Crippen LogP contribution in [0.4, 0.5) is 17.1 Å². The summed E-state index contributed by atoms with van der Waals surface area (Å²) in [5.41, 5.74) is 1.22. The van der Waals surface area contributed by atoms with Gasteiger partial charge in [-0.05, 0) is 31.5 Å². The fourth-order valence-corrected chi connectivity index (χ4v) is 4.04. The molecule has 1 saturated heterocycles. The molecule has 1 unspecified atom stereocenters. The number of rotatable bonds is 13. The minimum absolute atomic E-state index is 0. The van der Waals surface area contributed by atoms with E-state index in [1.807, 2.05) is 15.9 Å². The van der Waals surface area contributed by atoms with Gasteiger partial charge in [0.15, 0.2) is 0 Å². The number of β-amino-alcohol motifs (C(OH)–C–C–N with tert-alkyl or cyclic N) is 1. The first kappa shape index (κ1) is 30.1. The quantitative estimate of drug-likeness (QED) is 0.0880. The summed E-state index contributed by atoms with van der Waals surface area (Å²) in [6.07, 6.45) is -0.0104. The summed E-state index contributed by atoms with van der Waals surface area (Å²) >= 11 is 0. The van der Waals surface area contributed by atoms with Crippen molar-refractivity contribution in [2.45, 2.75) is 50.0 Å². The van der Waals surface area contributed by atoms with Gasteiger partial charge < -0.3 is 44.5 Å². The van der Waals surface area contributed by atoms with E-state index in [0.29, 0.717) is 37.6 Å². The third-order valence-electron chi connectivity index (χ3n) is 5.99. The molecule has 1 aromatic rings. The molecule has 1 fully saturated rings. The molecular weight excluding hydrogens is 654 g/mol. The molecule has 10 nitrogen and oxygen atoms in total. The largest absolute Gasteiger partial charge is 2.00 e. The number of hydrogen-bond donors (Lipinski definition) is 5. The Bertz CT molecular complexity index is 724. The second-order valence-electron chi connectivity index (χ2n) is 8.08. The van der Waals surface area contributed by atoms with E-state index in [1.54, 1.807) is 6.07 Å². The van der Waals surface area contributed by atoms with Crippen LogP contribution in [0.25, 0.3) is 0 Å². The molecule has 0 aliphatic carbocycles. The number of benzene rings is 1. The van der Waals surface area contributed by atoms with Crippen molar-refractivity contribution in [3.8, 4) is 0 Å². The molecule has 0 spiro atoms. The number of hydrogen-bond acceptors (Lipinski definition) is 9. The molecule has 33 heavy (non-hydrogen) atoms. The predicted molar refractivity (Wildman–Crippen MR) is 123 cm³/mol. The van der Waals surface area contributed by atoms with Gasteiger partial charge in [-0.25, -0.2) is 0 Å². The average Bonchev–Trinajstić information content (AvgIpc) is 2.78. The van der Waals surface area contributed by atoms with Crippen LogP contribution in [0.5, 0.6) is 0 Å². The van der Waals surface area contributed by atoms with Gasteiger partial charge >= 0.3 is 31.1 Å². The van der Waals surface area contributed by atoms with Gasteiger partial charge in [0.25, 0.3) is 5.69 Å². The first-order valence-electron chi connectivity index (χ1n) is 11.1. The van der Waals surface area contributed by atoms with Crippen LogP contribution in [0.2, 0.25) is 0 Å². The van der Waals surface area contributed by atoms with Crippen molar-refractivity contribution < 1.29 is 56.5 Å². The van der Waals surface area contributed by atoms with Crippen LogP contribution in [0, 0.1) is 55.1 Å². The summed E-state index contributed by atoms with van der Waals surface area (Å²) in [6.45, 7) is 9.70. The molecule has 1 heterocycles. The standard InChI is InChI=1S/C22H36N4O6.U/c1-3-24(4-2)16-9-10-17(18(13-16)26(31)32)23-11-7-5-6-8-12-25-14-20(28)22(30)21(29)19(25)15-27;/h9-10,13,19-23,27-30H,1-8,11-12,14-15H2;/q-2;+2/t19?,20-,21+,22+;/m0./s1. The Kier molecular flexibility index (Phi) is 13.8. The Morgan fingerprint density at radius 2 is 1.79 bits per heavy atom. The second-order valence-corrected chi connectivity index (χ2v) is 8.08. The Morgan fingerprint density at radius 1 is 1.12 bits per heavy atom. The van der Waals surface area contributed by atoms with Crippen molar-refractivity contribution in [1.29, 1.82) is 0 Å². The number of nitro benzene ring substituents is 1. The molecule has 0 amide bonds. The molecule has 5 N–H and O–H groups in total. The van der Waals surface area contributed by atoms with E-state index in [2.05, 4.69) is 19.2 Å². The van der Waals surface area contributed by atoms with Gasteiger partial charge in [-0.2, -0.15) is 0 Å². The molecular formula is C22H36N4O6U. The van der Waals surface area contributed by atoms with Crippen molar-refractivity contribution in [2.75, 3.05) is 49.5 Å². The van der Waals surface area contributed by atoms with Gasteiger partial charge in [-0.3, -0.25) is 15.0 Å². The van der Waals surface area contributed by atoms with Crippen molar-refractivity contribution in [2.24, 2.45) is 0 Å². The molecule has 184 valence electrons. The predicted octanol–water partition coefficient (Wildman–Crippen LogP) is 0.801. The number of nitrogens with one attached hydrogen (secondary N) is 1. The molecule has 2 rings (SSSR count). The smallest absolute Gasteiger partial charge is 0.431 e. The zero-order valence-electron chi connectivity index (χ0n) is 19.0. The minimum atomic E-state index is -1.24. The molecule has 1 aliphatic rings. The van der Waals surface area contributed by atoms with E-state index in [4.69, 9.17) is 0 Å². The van der Waals surface area contributed by atoms with Crippen molar-refractivity contribution in [3.63, 3.8) is 0 Å². The van der Waals surface area contributed by atoms with E-state index >= 15 is 0 Å². The molecule has 0 bridgehead atoms. The Balaban J connectivity index is 0.00000544. The maximum absolute atomic E-state index is 11.5. The van der Waals surface area contributed by atoms with E-state index < -0.39 is 29.3 Å². The van der Waals surface area contributed by atoms with Crippen LogP contribution < -0.4 is 10.2 Å². The van der Waals surface area contributed by atoms with E-state index in [-0.39, 0.29) is 50.0 Å². The number of piperidine rings is 1. The molecule has 1 aliphatic heterocycles. The number of unbranched alkanes of at least 4 members (excludes halogenated alkanes) is 3. The van der Waals surface area contributed by atoms with Gasteiger partial charge in [0.05, 0.1) is 23.7 Å². The summed E-state index contributed by atoms with van der Waals surface area (Å²) in [5.74, 6) is 0. The number of likely N-dealkylation sites (tertiary alicyclic amines) is 1. The summed E-state index contributed by atoms with van der Waals surface area (Å²) in [5, 5.41) is 53.7. The van der Waals surface area contributed by atoms with Crippen molar-refractivity contribution in [1.82, 2.24) is 4.90 Å². The fraction of sp³-hybridized carbons (Fsp3) is 0.636. The first-order chi connectivity index (χ1) is 15.3. The second kappa shape index (κ2) is 15.1. The number of aliphatic hydroxyl groups is 4. The third kappa shape index (κ3) is 8.35. The van der Waals surface area contributed by atoms with Crippen molar-refractivity contribution >= 4 is 17.1 Å². The third-order valence-corrected chi connectivity index (χ3v) is 5.99. The van der Waals surface area contributed by atoms with Crippen LogP contribution in [0.3, 0.4) is 0 Å². The summed E-state index contributed by atoms with van der Waals surface area (Å²) in [4.78, 5) is 14.7. The van der Waals surface area contributed by atoms with Crippen LogP contribution >= 0.6 is 0 Å². The average molecular weight is 691 g/mol. The Morgan fingerprint density at radius 3 is 2.39 bits per heavy atom. The molecule has 0 radical (unpaired) electrons. The zero-order chi connectivity index (χ0) is 23.7. The maximum atomic E-state index is 11.5. The number of anilines is 2. The van der Waals surface area contributed by atoms with Crippen LogP contribution in [-0.2, 0) is 0 Å². The molecule has 1 aromatic carbocycles. The SMILES string of the molecule is [CH2-]CN(C[CH2-])c1ccc(NCCCCCCN2C[C@H](O)[C@@H](O)[C@H](O)C2CO)c([N+](=O)[O-])c1.[U+2]. The molecule has 0 saturated carbocycles. The Hall–Kier alpha value is -0.928. The van der Waals surface area contributed by atoms with E-state index in [9.17, 15) is 30.5 Å². The zero-order valence-corrected chi connectivity index (χ0v) is 23.1. The van der Waals surface area contributed by atoms with Gasteiger partial charge in [0.1, 0.15) is 17.9 Å². The Labute approximate surface area is 219 Å². The van der Waals surface area contributed by atoms with Gasteiger partial charge in [-0.15, -0.1) is 13.1 Å². The summed E-state index contributed by atoms with van der Waals surface area (Å²) in [6, 6.07) is 4.49. The molecule has 0 aromatic heterocycles. The summed E-state index contributed by atoms with van der Waals surface area (Å²) in [7, 11) is 0. The van der Waals surface area contributed by atoms with Gasteiger partial charge in [0.2, 0.25) is 0 Å². The molecule has 11 heteroatoms. The molecule has 4 atom stereocenters. The van der Waals surface area contributed by atoms with Crippen molar-refractivity contribution in [3.05, 3.63) is 42.2 Å². The first-order valence-corrected chi connectivity index (χ1v) is 11.1. The van der Waals surface area contributed by atoms with Gasteiger partial charge in [0, 0.05) is 24.8 Å². The van der Waals surface area contributed by atoms with Crippen LogP contribution in [0.15, 0.2) is 18.2 Å². The van der Waals surface area contributed by atoms with E-state index in [0.717, 1.165) is 25.7 Å². The topological polar surface area (TPSA) is 143 Å². The van der Waals surface area contributed by atoms with E-state index in [1.165, 1.54) is 6.07 Å². The van der Waals surface area contributed by atoms with Gasteiger partial charge in [-0.1, -0.05) is 12.8 Å². The monoisotopic (exact) mass is 690 g/mol.